The van der Waals surface area contributed by atoms with Crippen molar-refractivity contribution < 1.29 is 18.3 Å². The van der Waals surface area contributed by atoms with Gasteiger partial charge in [0.05, 0.1) is 26.3 Å². The Balaban J connectivity index is 1.71. The van der Waals surface area contributed by atoms with Gasteiger partial charge in [-0.25, -0.2) is 28.7 Å². The molecule has 9 nitrogen and oxygen atoms in total. The summed E-state index contributed by atoms with van der Waals surface area (Å²) in [6.07, 6.45) is 1.55. The number of imidazole rings is 1. The molecular weight excluding hydrogens is 408 g/mol. The molecule has 1 fully saturated rings. The van der Waals surface area contributed by atoms with Crippen LogP contribution in [0.15, 0.2) is 12.3 Å². The summed E-state index contributed by atoms with van der Waals surface area (Å²) in [5, 5.41) is 0. The van der Waals surface area contributed by atoms with Crippen molar-refractivity contribution in [3.63, 3.8) is 0 Å². The molecule has 2 aliphatic heterocycles. The molecule has 2 aliphatic rings. The summed E-state index contributed by atoms with van der Waals surface area (Å²) in [6, 6.07) is 1.71. The fourth-order valence-corrected chi connectivity index (χ4v) is 3.97. The lowest BCUT2D eigenvalue weighted by atomic mass is 10.1. The summed E-state index contributed by atoms with van der Waals surface area (Å²) >= 11 is 0. The molecule has 0 bridgehead atoms. The Bertz CT molecular complexity index is 1170. The topological polar surface area (TPSA) is 104 Å². The van der Waals surface area contributed by atoms with Crippen molar-refractivity contribution in [3.8, 4) is 17.1 Å². The Hall–Kier alpha value is -3.08. The average Bonchev–Trinajstić information content (AvgIpc) is 3.07. The molecule has 11 heteroatoms. The van der Waals surface area contributed by atoms with E-state index in [0.29, 0.717) is 59.7 Å². The van der Waals surface area contributed by atoms with Crippen LogP contribution in [0.25, 0.3) is 22.6 Å². The predicted molar refractivity (Wildman–Crippen MR) is 110 cm³/mol. The minimum atomic E-state index is -2.75. The standard InChI is InChI=1S/C20H23F2N7O2/c1-4-30-12-7-11(8-24-14(12)23)15-26-16(28-9-20(21,22)10-28)13-17(27-15)29-5-6-31-19(2,3)18(29)25-13/h7-8H,4-6,9-10H2,1-3H3,(H2,23,24). The number of ether oxygens (including phenoxy) is 2. The van der Waals surface area contributed by atoms with E-state index in [-0.39, 0.29) is 5.82 Å². The molecule has 0 aliphatic carbocycles. The molecule has 0 spiro atoms. The fraction of sp³-hybridized carbons (Fsp3) is 0.500. The molecule has 31 heavy (non-hydrogen) atoms. The number of aromatic nitrogens is 5. The third-order valence-electron chi connectivity index (χ3n) is 5.48. The van der Waals surface area contributed by atoms with Crippen LogP contribution in [-0.2, 0) is 16.9 Å². The first kappa shape index (κ1) is 19.9. The van der Waals surface area contributed by atoms with E-state index in [4.69, 9.17) is 25.2 Å². The van der Waals surface area contributed by atoms with Crippen molar-refractivity contribution in [2.24, 2.45) is 0 Å². The third-order valence-corrected chi connectivity index (χ3v) is 5.48. The third kappa shape index (κ3) is 3.23. The molecule has 164 valence electrons. The number of nitrogens with zero attached hydrogens (tertiary/aromatic N) is 6. The number of fused-ring (bicyclic) bond motifs is 3. The van der Waals surface area contributed by atoms with E-state index in [2.05, 4.69) is 9.97 Å². The zero-order chi connectivity index (χ0) is 22.0. The maximum absolute atomic E-state index is 13.7. The Morgan fingerprint density at radius 2 is 2.00 bits per heavy atom. The number of hydrogen-bond donors (Lipinski definition) is 1. The van der Waals surface area contributed by atoms with Gasteiger partial charge in [0.2, 0.25) is 0 Å². The van der Waals surface area contributed by atoms with Crippen LogP contribution in [0, 0.1) is 0 Å². The van der Waals surface area contributed by atoms with Gasteiger partial charge in [0.25, 0.3) is 5.92 Å². The Labute approximate surface area is 177 Å². The molecule has 0 saturated carbocycles. The highest BCUT2D eigenvalue weighted by molar-refractivity contribution is 5.87. The molecule has 3 aromatic heterocycles. The molecule has 0 radical (unpaired) electrons. The van der Waals surface area contributed by atoms with Gasteiger partial charge in [0, 0.05) is 18.3 Å². The number of pyridine rings is 1. The quantitative estimate of drug-likeness (QED) is 0.672. The van der Waals surface area contributed by atoms with Crippen LogP contribution in [0.4, 0.5) is 20.4 Å². The number of anilines is 2. The van der Waals surface area contributed by atoms with E-state index in [1.54, 1.807) is 12.3 Å². The van der Waals surface area contributed by atoms with Gasteiger partial charge < -0.3 is 24.7 Å². The molecule has 5 heterocycles. The van der Waals surface area contributed by atoms with Crippen LogP contribution in [0.2, 0.25) is 0 Å². The lowest BCUT2D eigenvalue weighted by Crippen LogP contribution is -2.56. The van der Waals surface area contributed by atoms with E-state index in [0.717, 1.165) is 0 Å². The SMILES string of the molecule is CCOc1cc(-c2nc(N3CC(F)(F)C3)c3nc4n(c3n2)CCOC4(C)C)cnc1N. The van der Waals surface area contributed by atoms with Crippen LogP contribution in [0.3, 0.4) is 0 Å². The minimum absolute atomic E-state index is 0.259. The maximum atomic E-state index is 13.7. The Kier molecular flexibility index (Phi) is 4.30. The number of nitrogen functional groups attached to an aromatic ring is 1. The van der Waals surface area contributed by atoms with Gasteiger partial charge in [-0.15, -0.1) is 0 Å². The molecular formula is C20H23F2N7O2. The number of alkyl halides is 2. The smallest absolute Gasteiger partial charge is 0.282 e. The highest BCUT2D eigenvalue weighted by Crippen LogP contribution is 2.38. The van der Waals surface area contributed by atoms with Crippen molar-refractivity contribution >= 4 is 22.8 Å². The van der Waals surface area contributed by atoms with Crippen molar-refractivity contribution in [1.82, 2.24) is 24.5 Å². The number of hydrogen-bond acceptors (Lipinski definition) is 8. The Morgan fingerprint density at radius 1 is 1.23 bits per heavy atom. The zero-order valence-corrected chi connectivity index (χ0v) is 17.5. The molecule has 3 aromatic rings. The van der Waals surface area contributed by atoms with Crippen molar-refractivity contribution in [2.75, 3.05) is 36.9 Å². The lowest BCUT2D eigenvalue weighted by molar-refractivity contribution is -0.0530. The summed E-state index contributed by atoms with van der Waals surface area (Å²) < 4.78 is 40.7. The summed E-state index contributed by atoms with van der Waals surface area (Å²) in [5.74, 6) is -0.652. The normalized spacial score (nSPS) is 19.2. The second-order valence-electron chi connectivity index (χ2n) is 8.24. The predicted octanol–water partition coefficient (Wildman–Crippen LogP) is 2.59. The van der Waals surface area contributed by atoms with E-state index in [1.807, 2.05) is 25.3 Å². The largest absolute Gasteiger partial charge is 0.490 e. The molecule has 0 atom stereocenters. The molecule has 2 N–H and O–H groups in total. The van der Waals surface area contributed by atoms with Crippen LogP contribution in [-0.4, -0.2) is 56.7 Å². The van der Waals surface area contributed by atoms with Crippen LogP contribution < -0.4 is 15.4 Å². The van der Waals surface area contributed by atoms with Crippen molar-refractivity contribution in [1.29, 1.82) is 0 Å². The molecule has 1 saturated heterocycles. The monoisotopic (exact) mass is 431 g/mol. The lowest BCUT2D eigenvalue weighted by Gasteiger charge is -2.39. The van der Waals surface area contributed by atoms with Gasteiger partial charge >= 0.3 is 0 Å². The van der Waals surface area contributed by atoms with Gasteiger partial charge in [0.15, 0.2) is 34.4 Å². The highest BCUT2D eigenvalue weighted by Gasteiger charge is 2.46. The van der Waals surface area contributed by atoms with Crippen molar-refractivity contribution in [2.45, 2.75) is 38.8 Å². The second-order valence-corrected chi connectivity index (χ2v) is 8.24. The first-order valence-corrected chi connectivity index (χ1v) is 10.1. The molecule has 0 amide bonds. The van der Waals surface area contributed by atoms with E-state index in [1.165, 1.54) is 4.90 Å². The first-order chi connectivity index (χ1) is 14.7. The summed E-state index contributed by atoms with van der Waals surface area (Å²) in [5.41, 5.74) is 6.91. The van der Waals surface area contributed by atoms with Gasteiger partial charge in [-0.2, -0.15) is 0 Å². The van der Waals surface area contributed by atoms with E-state index in [9.17, 15) is 8.78 Å². The number of halogens is 2. The van der Waals surface area contributed by atoms with Gasteiger partial charge in [-0.1, -0.05) is 0 Å². The fourth-order valence-electron chi connectivity index (χ4n) is 3.97. The molecule has 0 aromatic carbocycles. The zero-order valence-electron chi connectivity index (χ0n) is 17.5. The summed E-state index contributed by atoms with van der Waals surface area (Å²) in [7, 11) is 0. The number of rotatable bonds is 4. The van der Waals surface area contributed by atoms with E-state index < -0.39 is 24.6 Å². The van der Waals surface area contributed by atoms with Gasteiger partial charge in [-0.05, 0) is 26.8 Å². The first-order valence-electron chi connectivity index (χ1n) is 10.1. The van der Waals surface area contributed by atoms with Gasteiger partial charge in [0.1, 0.15) is 11.4 Å². The molecule has 5 rings (SSSR count). The molecule has 0 unspecified atom stereocenters. The summed E-state index contributed by atoms with van der Waals surface area (Å²) in [6.45, 7) is 6.36. The summed E-state index contributed by atoms with van der Waals surface area (Å²) in [4.78, 5) is 19.8. The van der Waals surface area contributed by atoms with Crippen molar-refractivity contribution in [3.05, 3.63) is 18.1 Å². The van der Waals surface area contributed by atoms with E-state index >= 15 is 0 Å². The Morgan fingerprint density at radius 3 is 2.71 bits per heavy atom. The van der Waals surface area contributed by atoms with Gasteiger partial charge in [-0.3, -0.25) is 0 Å². The number of nitrogens with two attached hydrogens (primary N) is 1. The minimum Gasteiger partial charge on any atom is -0.490 e. The highest BCUT2D eigenvalue weighted by atomic mass is 19.3. The second kappa shape index (κ2) is 6.71. The van der Waals surface area contributed by atoms with Crippen LogP contribution in [0.5, 0.6) is 5.75 Å². The maximum Gasteiger partial charge on any atom is 0.282 e. The average molecular weight is 431 g/mol. The van der Waals surface area contributed by atoms with Crippen LogP contribution >= 0.6 is 0 Å². The van der Waals surface area contributed by atoms with Crippen LogP contribution in [0.1, 0.15) is 26.6 Å².